The number of hydrogen-bond acceptors (Lipinski definition) is 4. The van der Waals surface area contributed by atoms with Crippen molar-refractivity contribution in [1.29, 1.82) is 0 Å². The quantitative estimate of drug-likeness (QED) is 0.660. The van der Waals surface area contributed by atoms with Crippen molar-refractivity contribution < 1.29 is 14.3 Å². The summed E-state index contributed by atoms with van der Waals surface area (Å²) in [5.41, 5.74) is 4.94. The van der Waals surface area contributed by atoms with Gasteiger partial charge >= 0.3 is 5.97 Å². The van der Waals surface area contributed by atoms with Gasteiger partial charge in [0.25, 0.3) is 0 Å². The minimum Gasteiger partial charge on any atom is -0.468 e. The Bertz CT molecular complexity index is 306. The molecule has 1 amide bonds. The van der Waals surface area contributed by atoms with E-state index in [1.54, 1.807) is 0 Å². The maximum Gasteiger partial charge on any atom is 0.325 e. The molecule has 0 aromatic rings. The number of rotatable bonds is 3. The highest BCUT2D eigenvalue weighted by atomic mass is 16.5. The second-order valence-corrected chi connectivity index (χ2v) is 4.89. The van der Waals surface area contributed by atoms with Crippen LogP contribution < -0.4 is 11.1 Å². The van der Waals surface area contributed by atoms with E-state index in [1.807, 2.05) is 0 Å². The van der Waals surface area contributed by atoms with Crippen molar-refractivity contribution in [3.63, 3.8) is 0 Å². The van der Waals surface area contributed by atoms with Crippen molar-refractivity contribution in [2.45, 2.75) is 43.7 Å². The lowest BCUT2D eigenvalue weighted by molar-refractivity contribution is -0.152. The van der Waals surface area contributed by atoms with Crippen LogP contribution in [0.4, 0.5) is 0 Å². The summed E-state index contributed by atoms with van der Waals surface area (Å²) < 4.78 is 4.61. The molecule has 2 aliphatic carbocycles. The van der Waals surface area contributed by atoms with E-state index in [-0.39, 0.29) is 23.8 Å². The summed E-state index contributed by atoms with van der Waals surface area (Å²) >= 11 is 0. The molecule has 2 fully saturated rings. The highest BCUT2D eigenvalue weighted by Crippen LogP contribution is 2.32. The third kappa shape index (κ3) is 1.91. The minimum absolute atomic E-state index is 0.0391. The van der Waals surface area contributed by atoms with Gasteiger partial charge in [0.2, 0.25) is 5.91 Å². The SMILES string of the molecule is COC(=O)C1(N)CC(NC(=O)C2CCC2)C1. The normalized spacial score (nSPS) is 33.5. The van der Waals surface area contributed by atoms with Gasteiger partial charge in [-0.05, 0) is 25.7 Å². The van der Waals surface area contributed by atoms with Gasteiger partial charge < -0.3 is 15.8 Å². The van der Waals surface area contributed by atoms with Crippen LogP contribution in [-0.2, 0) is 14.3 Å². The number of methoxy groups -OCH3 is 1. The Kier molecular flexibility index (Phi) is 2.88. The maximum atomic E-state index is 11.6. The fraction of sp³-hybridized carbons (Fsp3) is 0.818. The zero-order valence-corrected chi connectivity index (χ0v) is 9.49. The summed E-state index contributed by atoms with van der Waals surface area (Å²) in [5.74, 6) is -0.0873. The smallest absolute Gasteiger partial charge is 0.325 e. The predicted octanol–water partition coefficient (Wildman–Crippen LogP) is -0.0644. The lowest BCUT2D eigenvalue weighted by atomic mass is 9.73. The summed E-state index contributed by atoms with van der Waals surface area (Å²) in [7, 11) is 1.33. The first-order valence-electron chi connectivity index (χ1n) is 5.73. The van der Waals surface area contributed by atoms with E-state index < -0.39 is 5.54 Å². The molecule has 2 saturated carbocycles. The van der Waals surface area contributed by atoms with Crippen LogP contribution in [0, 0.1) is 5.92 Å². The number of amides is 1. The fourth-order valence-corrected chi connectivity index (χ4v) is 2.28. The molecular weight excluding hydrogens is 208 g/mol. The van der Waals surface area contributed by atoms with Crippen molar-refractivity contribution in [3.8, 4) is 0 Å². The van der Waals surface area contributed by atoms with Crippen molar-refractivity contribution in [3.05, 3.63) is 0 Å². The average molecular weight is 226 g/mol. The standard InChI is InChI=1S/C11H18N2O3/c1-16-10(15)11(12)5-8(6-11)13-9(14)7-3-2-4-7/h7-8H,2-6,12H2,1H3,(H,13,14). The largest absolute Gasteiger partial charge is 0.468 e. The van der Waals surface area contributed by atoms with Crippen LogP contribution in [-0.4, -0.2) is 30.6 Å². The molecule has 0 atom stereocenters. The molecule has 5 heteroatoms. The minimum atomic E-state index is -0.883. The zero-order valence-electron chi connectivity index (χ0n) is 9.49. The summed E-state index contributed by atoms with van der Waals surface area (Å²) in [5, 5.41) is 2.93. The Morgan fingerprint density at radius 2 is 2.00 bits per heavy atom. The Morgan fingerprint density at radius 3 is 2.44 bits per heavy atom. The van der Waals surface area contributed by atoms with E-state index in [4.69, 9.17) is 5.73 Å². The number of nitrogens with two attached hydrogens (primary N) is 1. The van der Waals surface area contributed by atoms with Crippen LogP contribution in [0.15, 0.2) is 0 Å². The average Bonchev–Trinajstić information content (AvgIpc) is 2.10. The number of carbonyl (C=O) groups excluding carboxylic acids is 2. The van der Waals surface area contributed by atoms with Gasteiger partial charge in [-0.25, -0.2) is 0 Å². The first-order valence-corrected chi connectivity index (χ1v) is 5.73. The van der Waals surface area contributed by atoms with Gasteiger partial charge in [0, 0.05) is 12.0 Å². The van der Waals surface area contributed by atoms with Crippen molar-refractivity contribution >= 4 is 11.9 Å². The molecule has 0 saturated heterocycles. The highest BCUT2D eigenvalue weighted by molar-refractivity contribution is 5.84. The Hall–Kier alpha value is -1.10. The monoisotopic (exact) mass is 226 g/mol. The Balaban J connectivity index is 1.75. The van der Waals surface area contributed by atoms with E-state index in [0.717, 1.165) is 19.3 Å². The van der Waals surface area contributed by atoms with Gasteiger partial charge in [0.15, 0.2) is 0 Å². The molecule has 0 aliphatic heterocycles. The summed E-state index contributed by atoms with van der Waals surface area (Å²) in [6, 6.07) is 0.0391. The van der Waals surface area contributed by atoms with E-state index >= 15 is 0 Å². The summed E-state index contributed by atoms with van der Waals surface area (Å²) in [4.78, 5) is 22.9. The van der Waals surface area contributed by atoms with Crippen LogP contribution in [0.25, 0.3) is 0 Å². The van der Waals surface area contributed by atoms with Gasteiger partial charge in [-0.1, -0.05) is 6.42 Å². The fourth-order valence-electron chi connectivity index (χ4n) is 2.28. The molecule has 0 radical (unpaired) electrons. The first-order chi connectivity index (χ1) is 7.55. The third-order valence-electron chi connectivity index (χ3n) is 3.64. The van der Waals surface area contributed by atoms with E-state index in [1.165, 1.54) is 7.11 Å². The Labute approximate surface area is 94.7 Å². The van der Waals surface area contributed by atoms with E-state index in [0.29, 0.717) is 12.8 Å². The van der Waals surface area contributed by atoms with Crippen molar-refractivity contribution in [1.82, 2.24) is 5.32 Å². The molecule has 0 aromatic heterocycles. The Morgan fingerprint density at radius 1 is 1.38 bits per heavy atom. The lowest BCUT2D eigenvalue weighted by Crippen LogP contribution is -2.65. The predicted molar refractivity (Wildman–Crippen MR) is 57.4 cm³/mol. The van der Waals surface area contributed by atoms with Crippen LogP contribution in [0.5, 0.6) is 0 Å². The van der Waals surface area contributed by atoms with Crippen LogP contribution in [0.1, 0.15) is 32.1 Å². The van der Waals surface area contributed by atoms with E-state index in [2.05, 4.69) is 10.1 Å². The summed E-state index contributed by atoms with van der Waals surface area (Å²) in [6.07, 6.45) is 4.09. The topological polar surface area (TPSA) is 81.4 Å². The number of ether oxygens (including phenoxy) is 1. The highest BCUT2D eigenvalue weighted by Gasteiger charge is 2.49. The molecule has 0 heterocycles. The molecular formula is C11H18N2O3. The molecule has 0 unspecified atom stereocenters. The molecule has 2 rings (SSSR count). The van der Waals surface area contributed by atoms with Crippen LogP contribution in [0.2, 0.25) is 0 Å². The molecule has 90 valence electrons. The van der Waals surface area contributed by atoms with Crippen molar-refractivity contribution in [2.75, 3.05) is 7.11 Å². The summed E-state index contributed by atoms with van der Waals surface area (Å²) in [6.45, 7) is 0. The second kappa shape index (κ2) is 4.05. The molecule has 0 aromatic carbocycles. The van der Waals surface area contributed by atoms with E-state index in [9.17, 15) is 9.59 Å². The number of esters is 1. The second-order valence-electron chi connectivity index (χ2n) is 4.89. The van der Waals surface area contributed by atoms with Crippen molar-refractivity contribution in [2.24, 2.45) is 11.7 Å². The van der Waals surface area contributed by atoms with Gasteiger partial charge in [0.1, 0.15) is 5.54 Å². The zero-order chi connectivity index (χ0) is 11.8. The van der Waals surface area contributed by atoms with Gasteiger partial charge in [-0.2, -0.15) is 0 Å². The van der Waals surface area contributed by atoms with Crippen LogP contribution in [0.3, 0.4) is 0 Å². The number of nitrogens with one attached hydrogen (secondary N) is 1. The van der Waals surface area contributed by atoms with Gasteiger partial charge in [-0.3, -0.25) is 9.59 Å². The number of hydrogen-bond donors (Lipinski definition) is 2. The van der Waals surface area contributed by atoms with Crippen LogP contribution >= 0.6 is 0 Å². The molecule has 3 N–H and O–H groups in total. The van der Waals surface area contributed by atoms with Gasteiger partial charge in [-0.15, -0.1) is 0 Å². The molecule has 16 heavy (non-hydrogen) atoms. The maximum absolute atomic E-state index is 11.6. The third-order valence-corrected chi connectivity index (χ3v) is 3.64. The molecule has 0 bridgehead atoms. The molecule has 2 aliphatic rings. The molecule has 5 nitrogen and oxygen atoms in total. The van der Waals surface area contributed by atoms with Gasteiger partial charge in [0.05, 0.1) is 7.11 Å². The number of carbonyl (C=O) groups is 2. The molecule has 0 spiro atoms. The first kappa shape index (κ1) is 11.4. The lowest BCUT2D eigenvalue weighted by Gasteiger charge is -2.43.